The number of anilines is 1. The van der Waals surface area contributed by atoms with Crippen LogP contribution in [0.3, 0.4) is 0 Å². The van der Waals surface area contributed by atoms with Crippen LogP contribution in [0.25, 0.3) is 6.08 Å². The Bertz CT molecular complexity index is 825. The summed E-state index contributed by atoms with van der Waals surface area (Å²) in [6, 6.07) is 3.91. The van der Waals surface area contributed by atoms with E-state index in [9.17, 15) is 4.79 Å². The number of urea groups is 1. The first-order valence-electron chi connectivity index (χ1n) is 8.98. The molecule has 0 saturated carbocycles. The molecule has 0 bridgehead atoms. The summed E-state index contributed by atoms with van der Waals surface area (Å²) < 4.78 is 8.06. The van der Waals surface area contributed by atoms with Crippen LogP contribution in [-0.4, -0.2) is 11.1 Å². The molecule has 1 aromatic carbocycles. The molecule has 4 rings (SSSR count). The number of hydrogen-bond acceptors (Lipinski definition) is 4. The Morgan fingerprint density at radius 1 is 1.15 bits per heavy atom. The summed E-state index contributed by atoms with van der Waals surface area (Å²) in [6.07, 6.45) is 9.96. The molecule has 6 heteroatoms. The summed E-state index contributed by atoms with van der Waals surface area (Å²) in [5.74, 6) is 0.641. The number of aliphatic hydroxyl groups is 1. The van der Waals surface area contributed by atoms with Gasteiger partial charge in [0, 0.05) is 11.3 Å². The van der Waals surface area contributed by atoms with Gasteiger partial charge in [-0.1, -0.05) is 6.07 Å². The van der Waals surface area contributed by atoms with Gasteiger partial charge < -0.3 is 14.8 Å². The van der Waals surface area contributed by atoms with Crippen molar-refractivity contribution in [1.82, 2.24) is 4.72 Å². The molecule has 0 saturated heterocycles. The Morgan fingerprint density at radius 3 is 2.54 bits per heavy atom. The van der Waals surface area contributed by atoms with Gasteiger partial charge in [-0.05, 0) is 90.3 Å². The number of carbonyl (C=O) groups excluding carboxylic acids is 1. The molecule has 2 aliphatic rings. The number of aliphatic hydroxyl groups excluding tert-OH is 1. The van der Waals surface area contributed by atoms with Crippen molar-refractivity contribution in [2.75, 3.05) is 5.32 Å². The van der Waals surface area contributed by atoms with Crippen molar-refractivity contribution in [2.45, 2.75) is 45.1 Å². The minimum atomic E-state index is -0.204. The number of amides is 2. The van der Waals surface area contributed by atoms with E-state index in [2.05, 4.69) is 16.1 Å². The van der Waals surface area contributed by atoms with Crippen molar-refractivity contribution >= 4 is 29.7 Å². The highest BCUT2D eigenvalue weighted by Crippen LogP contribution is 2.38. The molecule has 5 nitrogen and oxygen atoms in total. The van der Waals surface area contributed by atoms with Gasteiger partial charge in [0.15, 0.2) is 0 Å². The van der Waals surface area contributed by atoms with Crippen molar-refractivity contribution < 1.29 is 14.3 Å². The van der Waals surface area contributed by atoms with Gasteiger partial charge in [0.25, 0.3) is 0 Å². The van der Waals surface area contributed by atoms with Crippen molar-refractivity contribution in [1.29, 1.82) is 0 Å². The predicted octanol–water partition coefficient (Wildman–Crippen LogP) is 4.19. The van der Waals surface area contributed by atoms with Crippen LogP contribution in [0.5, 0.6) is 0 Å². The molecule has 0 radical (unpaired) electrons. The number of aryl methyl sites for hydroxylation is 2. The Morgan fingerprint density at radius 2 is 1.88 bits per heavy atom. The third-order valence-electron chi connectivity index (χ3n) is 5.02. The molecule has 0 spiro atoms. The molecule has 2 aliphatic carbocycles. The number of benzene rings is 1. The first-order chi connectivity index (χ1) is 12.7. The fourth-order valence-corrected chi connectivity index (χ4v) is 4.29. The Balaban J connectivity index is 1.38. The van der Waals surface area contributed by atoms with Gasteiger partial charge in [-0.25, -0.2) is 4.79 Å². The Kier molecular flexibility index (Phi) is 5.04. The molecule has 0 atom stereocenters. The summed E-state index contributed by atoms with van der Waals surface area (Å²) in [5.41, 5.74) is 7.25. The van der Waals surface area contributed by atoms with Gasteiger partial charge >= 0.3 is 6.03 Å². The van der Waals surface area contributed by atoms with E-state index in [0.717, 1.165) is 36.9 Å². The van der Waals surface area contributed by atoms with Gasteiger partial charge in [-0.2, -0.15) is 0 Å². The molecule has 2 amide bonds. The Labute approximate surface area is 157 Å². The lowest BCUT2D eigenvalue weighted by molar-refractivity contribution is 0.257. The molecule has 0 unspecified atom stereocenters. The maximum Gasteiger partial charge on any atom is 0.329 e. The predicted molar refractivity (Wildman–Crippen MR) is 104 cm³/mol. The fraction of sp³-hybridized carbons (Fsp3) is 0.350. The van der Waals surface area contributed by atoms with E-state index in [0.29, 0.717) is 5.76 Å². The second kappa shape index (κ2) is 7.60. The van der Waals surface area contributed by atoms with E-state index in [-0.39, 0.29) is 12.6 Å². The van der Waals surface area contributed by atoms with Crippen LogP contribution in [-0.2, 0) is 32.3 Å². The van der Waals surface area contributed by atoms with E-state index < -0.39 is 0 Å². The van der Waals surface area contributed by atoms with Gasteiger partial charge in [0.1, 0.15) is 5.76 Å². The number of nitrogens with one attached hydrogen (secondary N) is 2. The number of carbonyl (C=O) groups is 1. The normalized spacial score (nSPS) is 15.3. The average Bonchev–Trinajstić information content (AvgIpc) is 3.38. The monoisotopic (exact) mass is 370 g/mol. The lowest BCUT2D eigenvalue weighted by Gasteiger charge is -2.16. The van der Waals surface area contributed by atoms with E-state index in [1.54, 1.807) is 17.6 Å². The van der Waals surface area contributed by atoms with E-state index in [1.807, 2.05) is 0 Å². The first-order valence-corrected chi connectivity index (χ1v) is 9.86. The molecule has 0 fully saturated rings. The first kappa shape index (κ1) is 17.2. The van der Waals surface area contributed by atoms with Crippen LogP contribution in [0.2, 0.25) is 0 Å². The zero-order chi connectivity index (χ0) is 17.9. The van der Waals surface area contributed by atoms with Crippen LogP contribution in [0.15, 0.2) is 28.2 Å². The van der Waals surface area contributed by atoms with Crippen LogP contribution in [0.4, 0.5) is 10.5 Å². The highest BCUT2D eigenvalue weighted by molar-refractivity contribution is 8.00. The summed E-state index contributed by atoms with van der Waals surface area (Å²) in [4.78, 5) is 12.3. The second-order valence-electron chi connectivity index (χ2n) is 6.73. The molecule has 1 heterocycles. The molecule has 0 aliphatic heterocycles. The number of furan rings is 1. The topological polar surface area (TPSA) is 74.5 Å². The van der Waals surface area contributed by atoms with Crippen molar-refractivity contribution in [3.8, 4) is 0 Å². The van der Waals surface area contributed by atoms with Crippen molar-refractivity contribution in [3.63, 3.8) is 0 Å². The minimum Gasteiger partial charge on any atom is -0.465 e. The molecule has 136 valence electrons. The smallest absolute Gasteiger partial charge is 0.329 e. The van der Waals surface area contributed by atoms with E-state index >= 15 is 0 Å². The summed E-state index contributed by atoms with van der Waals surface area (Å²) >= 11 is 1.19. The zero-order valence-electron chi connectivity index (χ0n) is 14.5. The molecular formula is C20H22N2O3S. The van der Waals surface area contributed by atoms with Gasteiger partial charge in [-0.15, -0.1) is 0 Å². The third kappa shape index (κ3) is 3.52. The van der Waals surface area contributed by atoms with E-state index in [4.69, 9.17) is 9.52 Å². The van der Waals surface area contributed by atoms with Crippen LogP contribution >= 0.6 is 11.9 Å². The van der Waals surface area contributed by atoms with E-state index in [1.165, 1.54) is 53.3 Å². The highest BCUT2D eigenvalue weighted by atomic mass is 32.2. The third-order valence-corrected chi connectivity index (χ3v) is 5.60. The highest BCUT2D eigenvalue weighted by Gasteiger charge is 2.24. The maximum atomic E-state index is 12.3. The Hall–Kier alpha value is -2.18. The number of rotatable bonds is 5. The largest absolute Gasteiger partial charge is 0.465 e. The lowest BCUT2D eigenvalue weighted by atomic mass is 9.99. The molecule has 2 aromatic rings. The van der Waals surface area contributed by atoms with Crippen molar-refractivity contribution in [2.24, 2.45) is 0 Å². The standard InChI is InChI=1S/C20H22N2O3S/c23-11-13-9-16(25-12-13)7-8-26-22-20(24)21-19-17-5-1-3-14(17)10-15-4-2-6-18(15)19/h7-10,12,23H,1-6,11H2,(H2,21,22,24)/b8-7+. The molecule has 3 N–H and O–H groups in total. The quantitative estimate of drug-likeness (QED) is 0.690. The zero-order valence-corrected chi connectivity index (χ0v) is 15.3. The van der Waals surface area contributed by atoms with Gasteiger partial charge in [0.05, 0.1) is 12.9 Å². The number of fused-ring (bicyclic) bond motifs is 2. The maximum absolute atomic E-state index is 12.3. The summed E-state index contributed by atoms with van der Waals surface area (Å²) in [5, 5.41) is 13.9. The average molecular weight is 370 g/mol. The van der Waals surface area contributed by atoms with Crippen LogP contribution in [0, 0.1) is 0 Å². The SMILES string of the molecule is O=C(NS/C=C/c1cc(CO)co1)Nc1c2c(cc3c1CCC3)CCC2. The van der Waals surface area contributed by atoms with Crippen molar-refractivity contribution in [3.05, 3.63) is 57.4 Å². The fourth-order valence-electron chi connectivity index (χ4n) is 3.86. The molecule has 1 aromatic heterocycles. The summed E-state index contributed by atoms with van der Waals surface area (Å²) in [7, 11) is 0. The van der Waals surface area contributed by atoms with Crippen LogP contribution < -0.4 is 10.0 Å². The molecular weight excluding hydrogens is 348 g/mol. The number of hydrogen-bond donors (Lipinski definition) is 3. The minimum absolute atomic E-state index is 0.0448. The van der Waals surface area contributed by atoms with Gasteiger partial charge in [-0.3, -0.25) is 4.72 Å². The van der Waals surface area contributed by atoms with Crippen LogP contribution in [0.1, 0.15) is 46.4 Å². The van der Waals surface area contributed by atoms with Gasteiger partial charge in [0.2, 0.25) is 0 Å². The molecule has 26 heavy (non-hydrogen) atoms. The lowest BCUT2D eigenvalue weighted by Crippen LogP contribution is -2.23. The second-order valence-corrected chi connectivity index (χ2v) is 7.44. The summed E-state index contributed by atoms with van der Waals surface area (Å²) in [6.45, 7) is -0.0448.